The van der Waals surface area contributed by atoms with Gasteiger partial charge in [0.25, 0.3) is 0 Å². The lowest BCUT2D eigenvalue weighted by molar-refractivity contribution is 0.124. The minimum atomic E-state index is 0.310. The maximum absolute atomic E-state index is 8.87. The summed E-state index contributed by atoms with van der Waals surface area (Å²) >= 11 is 1.23. The van der Waals surface area contributed by atoms with Gasteiger partial charge in [-0.2, -0.15) is 9.64 Å². The lowest BCUT2D eigenvalue weighted by Crippen LogP contribution is -2.06. The minimum Gasteiger partial charge on any atom is -0.382 e. The standard InChI is InChI=1S/C11H16N4OS/c12-6-9-10(13)15-17-11(9)14-4-1-5-16-7-8-2-3-8/h8,14H,1-5,7H2,(H2,13,15). The van der Waals surface area contributed by atoms with Crippen molar-refractivity contribution >= 4 is 22.4 Å². The van der Waals surface area contributed by atoms with Crippen LogP contribution in [-0.4, -0.2) is 24.1 Å². The molecule has 17 heavy (non-hydrogen) atoms. The molecule has 0 aromatic carbocycles. The predicted molar refractivity (Wildman–Crippen MR) is 67.9 cm³/mol. The third-order valence-corrected chi connectivity index (χ3v) is 3.45. The Bertz CT molecular complexity index is 408. The fraction of sp³-hybridized carbons (Fsp3) is 0.636. The molecule has 6 heteroatoms. The molecule has 1 aromatic heterocycles. The van der Waals surface area contributed by atoms with Gasteiger partial charge in [-0.05, 0) is 36.7 Å². The van der Waals surface area contributed by atoms with Crippen molar-refractivity contribution in [3.63, 3.8) is 0 Å². The first kappa shape index (κ1) is 12.1. The van der Waals surface area contributed by atoms with E-state index < -0.39 is 0 Å². The minimum absolute atomic E-state index is 0.310. The Balaban J connectivity index is 1.62. The molecule has 0 unspecified atom stereocenters. The molecular formula is C11H16N4OS. The molecule has 1 heterocycles. The second-order valence-corrected chi connectivity index (χ2v) is 4.96. The molecular weight excluding hydrogens is 236 g/mol. The van der Waals surface area contributed by atoms with Gasteiger partial charge in [-0.15, -0.1) is 0 Å². The van der Waals surface area contributed by atoms with Gasteiger partial charge in [0.15, 0.2) is 5.82 Å². The van der Waals surface area contributed by atoms with Crippen molar-refractivity contribution in [2.24, 2.45) is 5.92 Å². The van der Waals surface area contributed by atoms with Gasteiger partial charge in [0.2, 0.25) is 0 Å². The van der Waals surface area contributed by atoms with Crippen molar-refractivity contribution < 1.29 is 4.74 Å². The molecule has 1 saturated carbocycles. The smallest absolute Gasteiger partial charge is 0.157 e. The van der Waals surface area contributed by atoms with E-state index >= 15 is 0 Å². The normalized spacial score (nSPS) is 14.5. The highest BCUT2D eigenvalue weighted by Gasteiger charge is 2.20. The van der Waals surface area contributed by atoms with E-state index in [4.69, 9.17) is 15.7 Å². The number of anilines is 2. The SMILES string of the molecule is N#Cc1c(N)nsc1NCCCOCC1CC1. The zero-order valence-corrected chi connectivity index (χ0v) is 10.4. The van der Waals surface area contributed by atoms with Gasteiger partial charge in [-0.3, -0.25) is 0 Å². The molecule has 92 valence electrons. The van der Waals surface area contributed by atoms with Crippen molar-refractivity contribution in [2.45, 2.75) is 19.3 Å². The highest BCUT2D eigenvalue weighted by molar-refractivity contribution is 7.10. The molecule has 0 radical (unpaired) electrons. The number of ether oxygens (including phenoxy) is 1. The molecule has 1 aliphatic rings. The lowest BCUT2D eigenvalue weighted by Gasteiger charge is -2.04. The van der Waals surface area contributed by atoms with E-state index in [1.165, 1.54) is 24.4 Å². The largest absolute Gasteiger partial charge is 0.382 e. The summed E-state index contributed by atoms with van der Waals surface area (Å²) in [6.07, 6.45) is 3.57. The van der Waals surface area contributed by atoms with Gasteiger partial charge in [0, 0.05) is 19.8 Å². The van der Waals surface area contributed by atoms with Crippen molar-refractivity contribution in [3.05, 3.63) is 5.56 Å². The predicted octanol–water partition coefficient (Wildman–Crippen LogP) is 1.83. The summed E-state index contributed by atoms with van der Waals surface area (Å²) < 4.78 is 9.45. The molecule has 0 bridgehead atoms. The van der Waals surface area contributed by atoms with Crippen LogP contribution >= 0.6 is 11.5 Å². The Labute approximate surface area is 105 Å². The summed E-state index contributed by atoms with van der Waals surface area (Å²) in [5, 5.41) is 12.8. The van der Waals surface area contributed by atoms with Crippen LogP contribution < -0.4 is 11.1 Å². The summed E-state index contributed by atoms with van der Waals surface area (Å²) in [6.45, 7) is 2.44. The van der Waals surface area contributed by atoms with E-state index in [9.17, 15) is 0 Å². The number of hydrogen-bond donors (Lipinski definition) is 2. The molecule has 0 amide bonds. The molecule has 1 aliphatic carbocycles. The van der Waals surface area contributed by atoms with Crippen LogP contribution in [-0.2, 0) is 4.74 Å². The van der Waals surface area contributed by atoms with E-state index in [0.29, 0.717) is 11.4 Å². The quantitative estimate of drug-likeness (QED) is 0.723. The first-order valence-corrected chi connectivity index (χ1v) is 6.55. The number of aromatic nitrogens is 1. The number of nitrogens with one attached hydrogen (secondary N) is 1. The first-order valence-electron chi connectivity index (χ1n) is 5.78. The highest BCUT2D eigenvalue weighted by atomic mass is 32.1. The second kappa shape index (κ2) is 5.84. The van der Waals surface area contributed by atoms with E-state index in [1.807, 2.05) is 6.07 Å². The third-order valence-electron chi connectivity index (χ3n) is 2.63. The van der Waals surface area contributed by atoms with Gasteiger partial charge < -0.3 is 15.8 Å². The van der Waals surface area contributed by atoms with Crippen LogP contribution in [0, 0.1) is 17.2 Å². The summed E-state index contributed by atoms with van der Waals surface area (Å²) in [4.78, 5) is 0. The van der Waals surface area contributed by atoms with Gasteiger partial charge in [-0.1, -0.05) is 0 Å². The van der Waals surface area contributed by atoms with Crippen LogP contribution in [0.5, 0.6) is 0 Å². The molecule has 5 nitrogen and oxygen atoms in total. The van der Waals surface area contributed by atoms with Gasteiger partial charge in [0.05, 0.1) is 0 Å². The van der Waals surface area contributed by atoms with Crippen LogP contribution in [0.4, 0.5) is 10.8 Å². The van der Waals surface area contributed by atoms with Crippen LogP contribution in [0.3, 0.4) is 0 Å². The van der Waals surface area contributed by atoms with Gasteiger partial charge in [-0.25, -0.2) is 0 Å². The molecule has 3 N–H and O–H groups in total. The van der Waals surface area contributed by atoms with Crippen molar-refractivity contribution in [2.75, 3.05) is 30.8 Å². The van der Waals surface area contributed by atoms with E-state index in [1.54, 1.807) is 0 Å². The highest BCUT2D eigenvalue weighted by Crippen LogP contribution is 2.28. The Morgan fingerprint density at radius 2 is 2.41 bits per heavy atom. The molecule has 1 aromatic rings. The van der Waals surface area contributed by atoms with Crippen LogP contribution in [0.2, 0.25) is 0 Å². The van der Waals surface area contributed by atoms with Crippen LogP contribution in [0.1, 0.15) is 24.8 Å². The fourth-order valence-corrected chi connectivity index (χ4v) is 2.13. The maximum Gasteiger partial charge on any atom is 0.157 e. The van der Waals surface area contributed by atoms with E-state index in [-0.39, 0.29) is 0 Å². The summed E-state index contributed by atoms with van der Waals surface area (Å²) in [6, 6.07) is 2.05. The molecule has 0 atom stereocenters. The summed E-state index contributed by atoms with van der Waals surface area (Å²) in [5.74, 6) is 1.12. The first-order chi connectivity index (χ1) is 8.31. The Kier molecular flexibility index (Phi) is 4.18. The van der Waals surface area contributed by atoms with Gasteiger partial charge in [0.1, 0.15) is 16.6 Å². The molecule has 0 spiro atoms. The number of hydrogen-bond acceptors (Lipinski definition) is 6. The zero-order valence-electron chi connectivity index (χ0n) is 9.61. The average molecular weight is 252 g/mol. The van der Waals surface area contributed by atoms with Crippen LogP contribution in [0.25, 0.3) is 0 Å². The van der Waals surface area contributed by atoms with Crippen LogP contribution in [0.15, 0.2) is 0 Å². The van der Waals surface area contributed by atoms with E-state index in [2.05, 4.69) is 9.69 Å². The number of nitrogens with zero attached hydrogens (tertiary/aromatic N) is 2. The Morgan fingerprint density at radius 1 is 1.59 bits per heavy atom. The summed E-state index contributed by atoms with van der Waals surface area (Å²) in [5.41, 5.74) is 6.01. The summed E-state index contributed by atoms with van der Waals surface area (Å²) in [7, 11) is 0. The topological polar surface area (TPSA) is 84.0 Å². The van der Waals surface area contributed by atoms with Crippen molar-refractivity contribution in [3.8, 4) is 6.07 Å². The monoisotopic (exact) mass is 252 g/mol. The van der Waals surface area contributed by atoms with E-state index in [0.717, 1.165) is 37.1 Å². The van der Waals surface area contributed by atoms with Crippen molar-refractivity contribution in [1.82, 2.24) is 4.37 Å². The Morgan fingerprint density at radius 3 is 3.12 bits per heavy atom. The van der Waals surface area contributed by atoms with Gasteiger partial charge >= 0.3 is 0 Å². The number of nitriles is 1. The molecule has 2 rings (SSSR count). The van der Waals surface area contributed by atoms with Crippen molar-refractivity contribution in [1.29, 1.82) is 5.26 Å². The third kappa shape index (κ3) is 3.58. The maximum atomic E-state index is 8.87. The number of nitrogens with two attached hydrogens (primary N) is 1. The number of rotatable bonds is 7. The lowest BCUT2D eigenvalue weighted by atomic mass is 10.3. The average Bonchev–Trinajstić information content (AvgIpc) is 3.08. The second-order valence-electron chi connectivity index (χ2n) is 4.18. The number of nitrogen functional groups attached to an aromatic ring is 1. The zero-order chi connectivity index (χ0) is 12.1. The fourth-order valence-electron chi connectivity index (χ4n) is 1.44. The molecule has 0 aliphatic heterocycles. The Hall–Kier alpha value is -1.32. The molecule has 0 saturated heterocycles. The molecule has 1 fully saturated rings.